The third-order valence-electron chi connectivity index (χ3n) is 2.73. The number of fused-ring (bicyclic) bond motifs is 3. The van der Waals surface area contributed by atoms with Gasteiger partial charge in [0.25, 0.3) is 0 Å². The van der Waals surface area contributed by atoms with E-state index in [1.54, 1.807) is 0 Å². The maximum Gasteiger partial charge on any atom is 0.0474 e. The van der Waals surface area contributed by atoms with E-state index in [0.717, 1.165) is 10.7 Å². The van der Waals surface area contributed by atoms with Crippen molar-refractivity contribution in [3.8, 4) is 11.1 Å². The predicted molar refractivity (Wildman–Crippen MR) is 69.5 cm³/mol. The monoisotopic (exact) mass is 227 g/mol. The van der Waals surface area contributed by atoms with Gasteiger partial charge in [0, 0.05) is 22.5 Å². The number of hydrogen-bond acceptors (Lipinski definition) is 1. The van der Waals surface area contributed by atoms with Gasteiger partial charge in [0.15, 0.2) is 0 Å². The Hall–Kier alpha value is -1.73. The maximum absolute atomic E-state index is 5.99. The Bertz CT molecular complexity index is 573. The summed E-state index contributed by atoms with van der Waals surface area (Å²) in [6.07, 6.45) is 4.02. The first kappa shape index (κ1) is 9.49. The van der Waals surface area contributed by atoms with Crippen LogP contribution in [-0.2, 0) is 0 Å². The van der Waals surface area contributed by atoms with Crippen LogP contribution in [0.25, 0.3) is 17.2 Å². The molecule has 0 fully saturated rings. The highest BCUT2D eigenvalue weighted by Gasteiger charge is 2.10. The fourth-order valence-corrected chi connectivity index (χ4v) is 2.15. The van der Waals surface area contributed by atoms with E-state index < -0.39 is 0 Å². The first-order valence-electron chi connectivity index (χ1n) is 5.17. The van der Waals surface area contributed by atoms with Gasteiger partial charge in [-0.1, -0.05) is 41.9 Å². The largest absolute Gasteiger partial charge is 0.361 e. The van der Waals surface area contributed by atoms with Gasteiger partial charge in [0.1, 0.15) is 0 Å². The van der Waals surface area contributed by atoms with Gasteiger partial charge in [-0.25, -0.2) is 0 Å². The minimum Gasteiger partial charge on any atom is -0.361 e. The maximum atomic E-state index is 5.99. The smallest absolute Gasteiger partial charge is 0.0474 e. The van der Waals surface area contributed by atoms with E-state index >= 15 is 0 Å². The summed E-state index contributed by atoms with van der Waals surface area (Å²) in [4.78, 5) is 0. The normalized spacial score (nSPS) is 12.3. The van der Waals surface area contributed by atoms with Gasteiger partial charge in [-0.05, 0) is 29.3 Å². The van der Waals surface area contributed by atoms with E-state index in [1.165, 1.54) is 16.7 Å². The molecule has 16 heavy (non-hydrogen) atoms. The molecule has 1 aliphatic rings. The Morgan fingerprint density at radius 1 is 0.938 bits per heavy atom. The molecule has 1 heterocycles. The molecule has 1 nitrogen and oxygen atoms in total. The quantitative estimate of drug-likeness (QED) is 0.703. The number of hydrogen-bond donors (Lipinski definition) is 1. The van der Waals surface area contributed by atoms with Crippen LogP contribution >= 0.6 is 11.6 Å². The summed E-state index contributed by atoms with van der Waals surface area (Å²) >= 11 is 5.99. The molecule has 78 valence electrons. The van der Waals surface area contributed by atoms with Gasteiger partial charge >= 0.3 is 0 Å². The third kappa shape index (κ3) is 1.50. The van der Waals surface area contributed by atoms with Crippen molar-refractivity contribution in [3.63, 3.8) is 0 Å². The van der Waals surface area contributed by atoms with Crippen LogP contribution in [0.15, 0.2) is 48.7 Å². The molecule has 0 unspecified atom stereocenters. The molecule has 1 N–H and O–H groups in total. The molecule has 2 aromatic rings. The number of halogens is 1. The number of benzene rings is 2. The topological polar surface area (TPSA) is 12.0 Å². The second kappa shape index (κ2) is 3.69. The van der Waals surface area contributed by atoms with Gasteiger partial charge in [-0.3, -0.25) is 0 Å². The predicted octanol–water partition coefficient (Wildman–Crippen LogP) is 4.40. The second-order valence-electron chi connectivity index (χ2n) is 3.75. The summed E-state index contributed by atoms with van der Waals surface area (Å²) in [6, 6.07) is 14.3. The van der Waals surface area contributed by atoms with Crippen molar-refractivity contribution < 1.29 is 0 Å². The lowest BCUT2D eigenvalue weighted by Gasteiger charge is -2.09. The lowest BCUT2D eigenvalue weighted by Crippen LogP contribution is -1.88. The van der Waals surface area contributed by atoms with Crippen LogP contribution in [0.2, 0.25) is 5.02 Å². The Morgan fingerprint density at radius 3 is 2.75 bits per heavy atom. The molecule has 0 aliphatic carbocycles. The fourth-order valence-electron chi connectivity index (χ4n) is 1.98. The van der Waals surface area contributed by atoms with E-state index in [2.05, 4.69) is 35.7 Å². The minimum absolute atomic E-state index is 0.749. The molecule has 3 rings (SSSR count). The van der Waals surface area contributed by atoms with Crippen molar-refractivity contribution in [1.29, 1.82) is 0 Å². The van der Waals surface area contributed by atoms with Crippen molar-refractivity contribution in [2.75, 3.05) is 5.32 Å². The van der Waals surface area contributed by atoms with Gasteiger partial charge in [-0.2, -0.15) is 0 Å². The average molecular weight is 228 g/mol. The van der Waals surface area contributed by atoms with Crippen LogP contribution in [0.1, 0.15) is 5.56 Å². The highest BCUT2D eigenvalue weighted by atomic mass is 35.5. The number of rotatable bonds is 0. The van der Waals surface area contributed by atoms with Crippen molar-refractivity contribution >= 4 is 23.4 Å². The molecule has 0 aromatic heterocycles. The fraction of sp³-hybridized carbons (Fsp3) is 0. The summed E-state index contributed by atoms with van der Waals surface area (Å²) in [7, 11) is 0. The molecule has 0 saturated carbocycles. The summed E-state index contributed by atoms with van der Waals surface area (Å²) in [6.45, 7) is 0. The molecule has 0 amide bonds. The molecule has 1 aliphatic heterocycles. The van der Waals surface area contributed by atoms with Crippen LogP contribution in [0.3, 0.4) is 0 Å². The SMILES string of the molecule is Clc1ccc2c(c1)NC=Cc1ccccc1-2. The first-order chi connectivity index (χ1) is 7.84. The van der Waals surface area contributed by atoms with Gasteiger partial charge in [-0.15, -0.1) is 0 Å². The van der Waals surface area contributed by atoms with E-state index in [4.69, 9.17) is 11.6 Å². The Kier molecular flexibility index (Phi) is 2.19. The van der Waals surface area contributed by atoms with Crippen molar-refractivity contribution in [2.45, 2.75) is 0 Å². The lowest BCUT2D eigenvalue weighted by molar-refractivity contribution is 1.58. The molecular weight excluding hydrogens is 218 g/mol. The number of anilines is 1. The third-order valence-corrected chi connectivity index (χ3v) is 2.97. The van der Waals surface area contributed by atoms with E-state index in [-0.39, 0.29) is 0 Å². The van der Waals surface area contributed by atoms with Crippen LogP contribution in [-0.4, -0.2) is 0 Å². The Morgan fingerprint density at radius 2 is 1.81 bits per heavy atom. The second-order valence-corrected chi connectivity index (χ2v) is 4.19. The van der Waals surface area contributed by atoms with E-state index in [9.17, 15) is 0 Å². The molecule has 0 atom stereocenters. The Balaban J connectivity index is 2.30. The lowest BCUT2D eigenvalue weighted by atomic mass is 9.99. The zero-order chi connectivity index (χ0) is 11.0. The Labute approximate surface area is 99.4 Å². The van der Waals surface area contributed by atoms with E-state index in [0.29, 0.717) is 0 Å². The molecule has 2 aromatic carbocycles. The van der Waals surface area contributed by atoms with Gasteiger partial charge in [0.05, 0.1) is 0 Å². The molecule has 0 spiro atoms. The molecule has 0 bridgehead atoms. The van der Waals surface area contributed by atoms with Crippen molar-refractivity contribution in [2.24, 2.45) is 0 Å². The molecule has 2 heteroatoms. The highest BCUT2D eigenvalue weighted by molar-refractivity contribution is 6.31. The van der Waals surface area contributed by atoms with Crippen LogP contribution < -0.4 is 5.32 Å². The summed E-state index contributed by atoms with van der Waals surface area (Å²) in [5, 5.41) is 4.00. The van der Waals surface area contributed by atoms with Crippen molar-refractivity contribution in [3.05, 3.63) is 59.3 Å². The summed E-state index contributed by atoms with van der Waals surface area (Å²) in [5.41, 5.74) is 4.69. The van der Waals surface area contributed by atoms with Gasteiger partial charge in [0.2, 0.25) is 0 Å². The van der Waals surface area contributed by atoms with Crippen LogP contribution in [0, 0.1) is 0 Å². The molecule has 0 radical (unpaired) electrons. The molecular formula is C14H10ClN. The zero-order valence-electron chi connectivity index (χ0n) is 8.57. The van der Waals surface area contributed by atoms with Gasteiger partial charge < -0.3 is 5.32 Å². The summed E-state index contributed by atoms with van der Waals surface area (Å²) < 4.78 is 0. The highest BCUT2D eigenvalue weighted by Crippen LogP contribution is 2.35. The summed E-state index contributed by atoms with van der Waals surface area (Å²) in [5.74, 6) is 0. The average Bonchev–Trinajstić information content (AvgIpc) is 2.47. The zero-order valence-corrected chi connectivity index (χ0v) is 9.33. The molecule has 0 saturated heterocycles. The minimum atomic E-state index is 0.749. The first-order valence-corrected chi connectivity index (χ1v) is 5.54. The van der Waals surface area contributed by atoms with Crippen LogP contribution in [0.4, 0.5) is 5.69 Å². The number of nitrogens with one attached hydrogen (secondary N) is 1. The van der Waals surface area contributed by atoms with Crippen LogP contribution in [0.5, 0.6) is 0 Å². The van der Waals surface area contributed by atoms with Crippen molar-refractivity contribution in [1.82, 2.24) is 0 Å². The standard InChI is InChI=1S/C14H10ClN/c15-11-5-6-13-12-4-2-1-3-10(12)7-8-16-14(13)9-11/h1-9,16H. The van der Waals surface area contributed by atoms with E-state index in [1.807, 2.05) is 24.4 Å².